The molecule has 0 atom stereocenters. The molecule has 144 valence electrons. The molecule has 29 heavy (non-hydrogen) atoms. The number of halogens is 1. The van der Waals surface area contributed by atoms with Crippen LogP contribution in [-0.2, 0) is 0 Å². The number of hydrogen-bond acceptors (Lipinski definition) is 4. The van der Waals surface area contributed by atoms with Crippen molar-refractivity contribution in [2.24, 2.45) is 0 Å². The van der Waals surface area contributed by atoms with Crippen LogP contribution in [0.5, 0.6) is 0 Å². The highest BCUT2D eigenvalue weighted by atomic mass is 35.5. The molecule has 4 rings (SSSR count). The number of aromatic amines is 1. The van der Waals surface area contributed by atoms with Gasteiger partial charge in [0.25, 0.3) is 11.8 Å². The summed E-state index contributed by atoms with van der Waals surface area (Å²) >= 11 is 6.14. The summed E-state index contributed by atoms with van der Waals surface area (Å²) in [5.41, 5.74) is 7.15. The molecule has 0 bridgehead atoms. The van der Waals surface area contributed by atoms with E-state index in [2.05, 4.69) is 26.1 Å². The van der Waals surface area contributed by atoms with Crippen LogP contribution in [-0.4, -0.2) is 31.8 Å². The molecule has 0 saturated heterocycles. The summed E-state index contributed by atoms with van der Waals surface area (Å²) in [6, 6.07) is 19.7. The Morgan fingerprint density at radius 2 is 1.66 bits per heavy atom. The molecule has 9 heteroatoms. The minimum atomic E-state index is -0.563. The number of nitrogens with zero attached hydrogens (tertiary/aromatic N) is 3. The number of rotatable bonds is 4. The summed E-state index contributed by atoms with van der Waals surface area (Å²) in [6.45, 7) is 0. The zero-order valence-electron chi connectivity index (χ0n) is 15.0. The summed E-state index contributed by atoms with van der Waals surface area (Å²) in [5, 5.41) is 11.5. The Bertz CT molecular complexity index is 1170. The van der Waals surface area contributed by atoms with Crippen molar-refractivity contribution in [3.8, 4) is 16.9 Å². The lowest BCUT2D eigenvalue weighted by molar-refractivity contribution is 0.0841. The number of hydrogen-bond donors (Lipinski definition) is 3. The van der Waals surface area contributed by atoms with Crippen LogP contribution < -0.4 is 10.9 Å². The minimum absolute atomic E-state index is 0.125. The van der Waals surface area contributed by atoms with Gasteiger partial charge in [-0.1, -0.05) is 54.1 Å². The summed E-state index contributed by atoms with van der Waals surface area (Å²) in [7, 11) is 0. The number of amides is 2. The summed E-state index contributed by atoms with van der Waals surface area (Å²) in [4.78, 5) is 24.5. The van der Waals surface area contributed by atoms with Gasteiger partial charge in [-0.2, -0.15) is 10.2 Å². The van der Waals surface area contributed by atoms with Gasteiger partial charge in [-0.25, -0.2) is 4.68 Å². The molecule has 2 aromatic heterocycles. The van der Waals surface area contributed by atoms with Crippen molar-refractivity contribution >= 4 is 23.4 Å². The van der Waals surface area contributed by atoms with E-state index in [4.69, 9.17) is 11.6 Å². The van der Waals surface area contributed by atoms with Gasteiger partial charge in [0.2, 0.25) is 0 Å². The summed E-state index contributed by atoms with van der Waals surface area (Å²) in [6.07, 6.45) is 1.61. The van der Waals surface area contributed by atoms with E-state index in [1.807, 2.05) is 36.4 Å². The average molecular weight is 407 g/mol. The van der Waals surface area contributed by atoms with E-state index in [0.29, 0.717) is 16.4 Å². The van der Waals surface area contributed by atoms with E-state index in [1.54, 1.807) is 30.5 Å². The molecule has 0 fully saturated rings. The standard InChI is InChI=1S/C20H15ClN6O2/c21-14-8-4-5-9-18(14)27-11-10-15(26-27)19(28)24-25-20(29)17-12-16(22-23-17)13-6-2-1-3-7-13/h1-12H,(H,22,23)(H,24,28)(H,25,29). The van der Waals surface area contributed by atoms with Crippen LogP contribution in [0.1, 0.15) is 21.0 Å². The average Bonchev–Trinajstić information content (AvgIpc) is 3.43. The number of benzene rings is 2. The Morgan fingerprint density at radius 1 is 0.931 bits per heavy atom. The number of H-pyrrole nitrogens is 1. The first kappa shape index (κ1) is 18.5. The maximum Gasteiger partial charge on any atom is 0.290 e. The van der Waals surface area contributed by atoms with Gasteiger partial charge in [-0.05, 0) is 24.3 Å². The first-order valence-corrected chi connectivity index (χ1v) is 9.02. The van der Waals surface area contributed by atoms with Gasteiger partial charge >= 0.3 is 0 Å². The van der Waals surface area contributed by atoms with Crippen LogP contribution in [0.15, 0.2) is 72.9 Å². The van der Waals surface area contributed by atoms with Crippen molar-refractivity contribution in [1.82, 2.24) is 30.8 Å². The van der Waals surface area contributed by atoms with Gasteiger partial charge < -0.3 is 0 Å². The molecular formula is C20H15ClN6O2. The topological polar surface area (TPSA) is 105 Å². The predicted octanol–water partition coefficient (Wildman–Crippen LogP) is 2.99. The zero-order chi connectivity index (χ0) is 20.2. The third-order valence-corrected chi connectivity index (χ3v) is 4.42. The normalized spacial score (nSPS) is 10.5. The van der Waals surface area contributed by atoms with Gasteiger partial charge in [-0.15, -0.1) is 0 Å². The minimum Gasteiger partial charge on any atom is -0.272 e. The molecule has 0 unspecified atom stereocenters. The Labute approximate surface area is 170 Å². The molecule has 2 heterocycles. The van der Waals surface area contributed by atoms with Crippen molar-refractivity contribution in [2.75, 3.05) is 0 Å². The van der Waals surface area contributed by atoms with Crippen LogP contribution >= 0.6 is 11.6 Å². The first-order chi connectivity index (χ1) is 14.1. The quantitative estimate of drug-likeness (QED) is 0.453. The summed E-state index contributed by atoms with van der Waals surface area (Å²) in [5.74, 6) is -1.09. The Kier molecular flexibility index (Phi) is 5.08. The van der Waals surface area contributed by atoms with E-state index in [9.17, 15) is 9.59 Å². The fourth-order valence-corrected chi connectivity index (χ4v) is 2.88. The van der Waals surface area contributed by atoms with Gasteiger partial charge in [0, 0.05) is 11.8 Å². The van der Waals surface area contributed by atoms with E-state index >= 15 is 0 Å². The van der Waals surface area contributed by atoms with Crippen molar-refractivity contribution in [1.29, 1.82) is 0 Å². The van der Waals surface area contributed by atoms with E-state index in [0.717, 1.165) is 5.56 Å². The smallest absolute Gasteiger partial charge is 0.272 e. The number of carbonyl (C=O) groups is 2. The molecular weight excluding hydrogens is 392 g/mol. The molecule has 3 N–H and O–H groups in total. The van der Waals surface area contributed by atoms with Gasteiger partial charge in [0.05, 0.1) is 16.4 Å². The van der Waals surface area contributed by atoms with Gasteiger partial charge in [0.1, 0.15) is 5.69 Å². The third-order valence-electron chi connectivity index (χ3n) is 4.10. The van der Waals surface area contributed by atoms with E-state index in [-0.39, 0.29) is 11.4 Å². The van der Waals surface area contributed by atoms with E-state index in [1.165, 1.54) is 10.7 Å². The fraction of sp³-hybridized carbons (Fsp3) is 0. The maximum absolute atomic E-state index is 12.3. The molecule has 4 aromatic rings. The largest absolute Gasteiger partial charge is 0.290 e. The number of nitrogens with one attached hydrogen (secondary N) is 3. The van der Waals surface area contributed by atoms with E-state index < -0.39 is 11.8 Å². The van der Waals surface area contributed by atoms with Crippen molar-refractivity contribution < 1.29 is 9.59 Å². The second-order valence-electron chi connectivity index (χ2n) is 6.04. The molecule has 0 saturated carbocycles. The molecule has 0 spiro atoms. The molecule has 0 radical (unpaired) electrons. The molecule has 2 aromatic carbocycles. The lowest BCUT2D eigenvalue weighted by atomic mass is 10.1. The SMILES string of the molecule is O=C(NNC(=O)c1cc(-c2ccccc2)n[nH]1)c1ccn(-c2ccccc2Cl)n1. The number of para-hydroxylation sites is 1. The monoisotopic (exact) mass is 406 g/mol. The highest BCUT2D eigenvalue weighted by Crippen LogP contribution is 2.19. The number of aromatic nitrogens is 4. The second kappa shape index (κ2) is 7.99. The molecule has 0 aliphatic heterocycles. The lowest BCUT2D eigenvalue weighted by Gasteiger charge is -2.05. The van der Waals surface area contributed by atoms with Crippen LogP contribution in [0.4, 0.5) is 0 Å². The second-order valence-corrected chi connectivity index (χ2v) is 6.45. The zero-order valence-corrected chi connectivity index (χ0v) is 15.7. The fourth-order valence-electron chi connectivity index (χ4n) is 2.66. The van der Waals surface area contributed by atoms with Gasteiger partial charge in [0.15, 0.2) is 5.69 Å². The predicted molar refractivity (Wildman–Crippen MR) is 108 cm³/mol. The molecule has 0 aliphatic rings. The third kappa shape index (κ3) is 4.02. The number of carbonyl (C=O) groups excluding carboxylic acids is 2. The Balaban J connectivity index is 1.39. The Morgan fingerprint density at radius 3 is 2.45 bits per heavy atom. The summed E-state index contributed by atoms with van der Waals surface area (Å²) < 4.78 is 1.49. The van der Waals surface area contributed by atoms with Gasteiger partial charge in [-0.3, -0.25) is 25.5 Å². The lowest BCUT2D eigenvalue weighted by Crippen LogP contribution is -2.42. The Hall–Kier alpha value is -3.91. The number of hydrazine groups is 1. The highest BCUT2D eigenvalue weighted by molar-refractivity contribution is 6.32. The molecule has 8 nitrogen and oxygen atoms in total. The first-order valence-electron chi connectivity index (χ1n) is 8.64. The molecule has 2 amide bonds. The van der Waals surface area contributed by atoms with Crippen molar-refractivity contribution in [3.05, 3.63) is 89.3 Å². The molecule has 0 aliphatic carbocycles. The van der Waals surface area contributed by atoms with Crippen LogP contribution in [0.3, 0.4) is 0 Å². The van der Waals surface area contributed by atoms with Crippen LogP contribution in [0.25, 0.3) is 16.9 Å². The van der Waals surface area contributed by atoms with Crippen LogP contribution in [0.2, 0.25) is 5.02 Å². The van der Waals surface area contributed by atoms with Crippen LogP contribution in [0, 0.1) is 0 Å². The highest BCUT2D eigenvalue weighted by Gasteiger charge is 2.15. The van der Waals surface area contributed by atoms with Crippen molar-refractivity contribution in [2.45, 2.75) is 0 Å². The maximum atomic E-state index is 12.3. The van der Waals surface area contributed by atoms with Crippen molar-refractivity contribution in [3.63, 3.8) is 0 Å².